The maximum atomic E-state index is 14.7. The van der Waals surface area contributed by atoms with E-state index in [9.17, 15) is 13.9 Å². The van der Waals surface area contributed by atoms with Crippen LogP contribution in [0, 0.1) is 11.6 Å². The van der Waals surface area contributed by atoms with Gasteiger partial charge < -0.3 is 14.6 Å². The number of nitrogens with zero attached hydrogens (tertiary/aromatic N) is 3. The topological polar surface area (TPSA) is 69.4 Å². The molecule has 0 aliphatic carbocycles. The number of halogens is 2. The summed E-state index contributed by atoms with van der Waals surface area (Å²) < 4.78 is 41.4. The van der Waals surface area contributed by atoms with E-state index in [1.807, 2.05) is 30.6 Å². The first-order chi connectivity index (χ1) is 17.9. The van der Waals surface area contributed by atoms with E-state index in [1.54, 1.807) is 18.7 Å². The molecule has 2 atom stereocenters. The van der Waals surface area contributed by atoms with Gasteiger partial charge in [-0.05, 0) is 36.1 Å². The third kappa shape index (κ3) is 7.30. The Morgan fingerprint density at radius 2 is 1.92 bits per heavy atom. The van der Waals surface area contributed by atoms with Crippen molar-refractivity contribution in [2.75, 3.05) is 19.5 Å². The van der Waals surface area contributed by atoms with Crippen LogP contribution < -0.4 is 0 Å². The van der Waals surface area contributed by atoms with Gasteiger partial charge >= 0.3 is 0 Å². The van der Waals surface area contributed by atoms with Gasteiger partial charge in [0.25, 0.3) is 0 Å². The molecule has 1 aliphatic heterocycles. The van der Waals surface area contributed by atoms with Crippen molar-refractivity contribution in [3.8, 4) is 0 Å². The summed E-state index contributed by atoms with van der Waals surface area (Å²) in [5.74, 6) is -1.52. The van der Waals surface area contributed by atoms with Crippen LogP contribution >= 0.6 is 23.5 Å². The van der Waals surface area contributed by atoms with E-state index >= 15 is 0 Å². The molecular formula is C27H29F2N3O3S2. The molecule has 3 aromatic rings. The standard InChI is InChI=1S/C27H29F2N3O3S2/c1-19(27(33,16-32-18-30-17-31-32)24-12-9-21(28)13-25(24)29)37-23-14-34-26(35-15-23)6-4-3-5-20-7-10-22(36-2)11-8-20/h3-13,17-19,23,26,33H,14-16H2,1-2H3/b5-3+,6-4+/t19-,23?,26?,27-/m1/s1. The van der Waals surface area contributed by atoms with Gasteiger partial charge in [-0.15, -0.1) is 23.5 Å². The fourth-order valence-electron chi connectivity index (χ4n) is 3.96. The SMILES string of the molecule is CSc1ccc(/C=C/C=C/C2OCC(S[C@H](C)[C@](O)(Cn3cncn3)c3ccc(F)cc3F)CO2)cc1. The molecule has 10 heteroatoms. The van der Waals surface area contributed by atoms with E-state index < -0.39 is 28.8 Å². The predicted molar refractivity (Wildman–Crippen MR) is 143 cm³/mol. The first-order valence-electron chi connectivity index (χ1n) is 11.8. The Morgan fingerprint density at radius 1 is 1.16 bits per heavy atom. The summed E-state index contributed by atoms with van der Waals surface area (Å²) in [7, 11) is 0. The van der Waals surface area contributed by atoms with Crippen molar-refractivity contribution in [3.63, 3.8) is 0 Å². The van der Waals surface area contributed by atoms with Gasteiger partial charge in [-0.1, -0.05) is 43.4 Å². The quantitative estimate of drug-likeness (QED) is 0.274. The number of hydrogen-bond donors (Lipinski definition) is 1. The summed E-state index contributed by atoms with van der Waals surface area (Å²) in [5.41, 5.74) is -0.571. The molecule has 0 spiro atoms. The summed E-state index contributed by atoms with van der Waals surface area (Å²) in [4.78, 5) is 5.12. The Bertz CT molecular complexity index is 1200. The second-order valence-corrected chi connectivity index (χ2v) is 11.1. The molecule has 6 nitrogen and oxygen atoms in total. The Morgan fingerprint density at radius 3 is 2.57 bits per heavy atom. The fraction of sp³-hybridized carbons (Fsp3) is 0.333. The van der Waals surface area contributed by atoms with Gasteiger partial charge in [0.15, 0.2) is 6.29 Å². The number of aliphatic hydroxyl groups is 1. The molecule has 1 fully saturated rings. The van der Waals surface area contributed by atoms with Gasteiger partial charge in [0.05, 0.1) is 25.0 Å². The molecule has 1 N–H and O–H groups in total. The molecule has 2 aromatic carbocycles. The highest BCUT2D eigenvalue weighted by Crippen LogP contribution is 2.38. The Hall–Kier alpha value is -2.50. The molecule has 1 aliphatic rings. The van der Waals surface area contributed by atoms with Crippen LogP contribution in [0.4, 0.5) is 8.78 Å². The minimum absolute atomic E-state index is 0.00210. The van der Waals surface area contributed by atoms with Crippen LogP contribution in [0.2, 0.25) is 0 Å². The number of aromatic nitrogens is 3. The van der Waals surface area contributed by atoms with Crippen LogP contribution in [-0.4, -0.2) is 56.1 Å². The lowest BCUT2D eigenvalue weighted by Crippen LogP contribution is -2.43. The third-order valence-electron chi connectivity index (χ3n) is 6.01. The maximum Gasteiger partial charge on any atom is 0.177 e. The number of hydrogen-bond acceptors (Lipinski definition) is 7. The predicted octanol–water partition coefficient (Wildman–Crippen LogP) is 5.30. The third-order valence-corrected chi connectivity index (χ3v) is 8.21. The van der Waals surface area contributed by atoms with Crippen molar-refractivity contribution in [1.29, 1.82) is 0 Å². The maximum absolute atomic E-state index is 14.7. The molecule has 0 bridgehead atoms. The summed E-state index contributed by atoms with van der Waals surface area (Å²) >= 11 is 3.13. The van der Waals surface area contributed by atoms with Crippen molar-refractivity contribution in [3.05, 3.63) is 96.1 Å². The lowest BCUT2D eigenvalue weighted by molar-refractivity contribution is -0.146. The fourth-order valence-corrected chi connectivity index (χ4v) is 5.69. The molecule has 37 heavy (non-hydrogen) atoms. The lowest BCUT2D eigenvalue weighted by atomic mass is 9.90. The van der Waals surface area contributed by atoms with Crippen LogP contribution in [0.5, 0.6) is 0 Å². The molecular weight excluding hydrogens is 516 g/mol. The first-order valence-corrected chi connectivity index (χ1v) is 13.9. The van der Waals surface area contributed by atoms with Crippen LogP contribution in [-0.2, 0) is 21.6 Å². The summed E-state index contributed by atoms with van der Waals surface area (Å²) in [6.45, 7) is 2.55. The van der Waals surface area contributed by atoms with Gasteiger partial charge in [0.2, 0.25) is 0 Å². The molecule has 0 amide bonds. The highest BCUT2D eigenvalue weighted by molar-refractivity contribution is 8.00. The van der Waals surface area contributed by atoms with Gasteiger partial charge in [0.1, 0.15) is 29.9 Å². The van der Waals surface area contributed by atoms with E-state index in [1.165, 1.54) is 40.1 Å². The second kappa shape index (κ2) is 12.8. The van der Waals surface area contributed by atoms with Gasteiger partial charge in [-0.25, -0.2) is 18.4 Å². The number of allylic oxidation sites excluding steroid dienone is 2. The van der Waals surface area contributed by atoms with Crippen molar-refractivity contribution in [1.82, 2.24) is 14.8 Å². The van der Waals surface area contributed by atoms with E-state index in [-0.39, 0.29) is 17.4 Å². The average molecular weight is 546 g/mol. The average Bonchev–Trinajstić information content (AvgIpc) is 3.40. The van der Waals surface area contributed by atoms with E-state index in [2.05, 4.69) is 34.3 Å². The van der Waals surface area contributed by atoms with Crippen LogP contribution in [0.25, 0.3) is 6.08 Å². The minimum atomic E-state index is -1.67. The minimum Gasteiger partial charge on any atom is -0.382 e. The number of thioether (sulfide) groups is 2. The zero-order valence-electron chi connectivity index (χ0n) is 20.5. The molecule has 2 heterocycles. The smallest absolute Gasteiger partial charge is 0.177 e. The van der Waals surface area contributed by atoms with Crippen LogP contribution in [0.3, 0.4) is 0 Å². The molecule has 0 unspecified atom stereocenters. The number of benzene rings is 2. The zero-order valence-corrected chi connectivity index (χ0v) is 22.2. The molecule has 4 rings (SSSR count). The first kappa shape index (κ1) is 27.5. The Labute approximate surface area is 223 Å². The van der Waals surface area contributed by atoms with E-state index in [0.29, 0.717) is 13.2 Å². The largest absolute Gasteiger partial charge is 0.382 e. The number of ether oxygens (including phenoxy) is 2. The van der Waals surface area contributed by atoms with Gasteiger partial charge in [-0.3, -0.25) is 0 Å². The second-order valence-electron chi connectivity index (χ2n) is 8.59. The normalized spacial score (nSPS) is 20.9. The van der Waals surface area contributed by atoms with Crippen LogP contribution in [0.15, 0.2) is 78.2 Å². The lowest BCUT2D eigenvalue weighted by Gasteiger charge is -2.37. The molecule has 1 aromatic heterocycles. The number of rotatable bonds is 10. The van der Waals surface area contributed by atoms with Crippen molar-refractivity contribution in [2.24, 2.45) is 0 Å². The molecule has 1 saturated heterocycles. The van der Waals surface area contributed by atoms with Gasteiger partial charge in [0, 0.05) is 21.8 Å². The summed E-state index contributed by atoms with van der Waals surface area (Å²) in [6, 6.07) is 11.5. The zero-order chi connectivity index (χ0) is 26.3. The summed E-state index contributed by atoms with van der Waals surface area (Å²) in [6.07, 6.45) is 12.0. The van der Waals surface area contributed by atoms with Crippen molar-refractivity contribution < 1.29 is 23.4 Å². The molecule has 0 saturated carbocycles. The molecule has 196 valence electrons. The van der Waals surface area contributed by atoms with E-state index in [0.717, 1.165) is 17.7 Å². The Kier molecular flexibility index (Phi) is 9.55. The highest BCUT2D eigenvalue weighted by Gasteiger charge is 2.41. The highest BCUT2D eigenvalue weighted by atomic mass is 32.2. The monoisotopic (exact) mass is 545 g/mol. The molecule has 0 radical (unpaired) electrons. The van der Waals surface area contributed by atoms with Gasteiger partial charge in [-0.2, -0.15) is 5.10 Å². The van der Waals surface area contributed by atoms with Crippen LogP contribution in [0.1, 0.15) is 18.1 Å². The van der Waals surface area contributed by atoms with E-state index in [4.69, 9.17) is 9.47 Å². The van der Waals surface area contributed by atoms with Crippen molar-refractivity contribution in [2.45, 2.75) is 40.8 Å². The Balaban J connectivity index is 1.35. The summed E-state index contributed by atoms with van der Waals surface area (Å²) in [5, 5.41) is 15.1. The van der Waals surface area contributed by atoms with Crippen molar-refractivity contribution >= 4 is 29.6 Å².